The highest BCUT2D eigenvalue weighted by atomic mass is 19.4. The first-order valence-corrected chi connectivity index (χ1v) is 10.2. The predicted octanol–water partition coefficient (Wildman–Crippen LogP) is 7.33. The van der Waals surface area contributed by atoms with Crippen LogP contribution in [0.3, 0.4) is 0 Å². The van der Waals surface area contributed by atoms with Gasteiger partial charge in [0.15, 0.2) is 0 Å². The van der Waals surface area contributed by atoms with Crippen molar-refractivity contribution in [2.24, 2.45) is 0 Å². The number of aliphatic hydroxyl groups is 1. The van der Waals surface area contributed by atoms with Crippen molar-refractivity contribution in [3.05, 3.63) is 95.3 Å². The van der Waals surface area contributed by atoms with E-state index in [2.05, 4.69) is 0 Å². The van der Waals surface area contributed by atoms with Gasteiger partial charge in [0.25, 0.3) is 6.43 Å². The van der Waals surface area contributed by atoms with E-state index in [1.807, 2.05) is 0 Å². The van der Waals surface area contributed by atoms with Gasteiger partial charge in [-0.05, 0) is 57.3 Å². The molecule has 0 spiro atoms. The number of fused-ring (bicyclic) bond motifs is 1. The predicted molar refractivity (Wildman–Crippen MR) is 118 cm³/mol. The molecule has 0 saturated carbocycles. The lowest BCUT2D eigenvalue weighted by molar-refractivity contribution is -0.137. The Kier molecular flexibility index (Phi) is 6.29. The second-order valence-electron chi connectivity index (χ2n) is 7.83. The maximum absolute atomic E-state index is 15.2. The molecule has 0 aliphatic rings. The Labute approximate surface area is 194 Å². The Morgan fingerprint density at radius 1 is 0.800 bits per heavy atom. The van der Waals surface area contributed by atoms with Gasteiger partial charge in [0.2, 0.25) is 0 Å². The summed E-state index contributed by atoms with van der Waals surface area (Å²) < 4.78 is 79.4. The molecule has 0 aromatic heterocycles. The monoisotopic (exact) mass is 490 g/mol. The minimum Gasteiger partial charge on any atom is -0.478 e. The van der Waals surface area contributed by atoms with Crippen molar-refractivity contribution in [2.45, 2.75) is 18.7 Å². The molecule has 3 nitrogen and oxygen atoms in total. The van der Waals surface area contributed by atoms with Crippen LogP contribution in [0.2, 0.25) is 0 Å². The SMILES string of the molecule is O=C(O)c1cc2cc(-c3ccc(C(F)(F)F)cc3)ccc2c(-c2ccc([C@@H](O)C(F)F)cc2)c1F. The van der Waals surface area contributed by atoms with Crippen LogP contribution in [0.25, 0.3) is 33.0 Å². The fourth-order valence-corrected chi connectivity index (χ4v) is 3.84. The van der Waals surface area contributed by atoms with Gasteiger partial charge in [-0.25, -0.2) is 18.0 Å². The van der Waals surface area contributed by atoms with Crippen LogP contribution in [0, 0.1) is 5.82 Å². The number of aromatic carboxylic acids is 1. The van der Waals surface area contributed by atoms with Gasteiger partial charge in [-0.15, -0.1) is 0 Å². The first kappa shape index (κ1) is 24.3. The highest BCUT2D eigenvalue weighted by Crippen LogP contribution is 2.37. The molecule has 2 N–H and O–H groups in total. The number of alkyl halides is 5. The summed E-state index contributed by atoms with van der Waals surface area (Å²) in [5, 5.41) is 19.7. The molecular weight excluding hydrogens is 474 g/mol. The quantitative estimate of drug-likeness (QED) is 0.288. The van der Waals surface area contributed by atoms with Crippen LogP contribution in [0.1, 0.15) is 27.6 Å². The first-order valence-electron chi connectivity index (χ1n) is 10.2. The summed E-state index contributed by atoms with van der Waals surface area (Å²) in [6.45, 7) is 0. The lowest BCUT2D eigenvalue weighted by Gasteiger charge is -2.15. The zero-order valence-electron chi connectivity index (χ0n) is 17.7. The molecule has 0 radical (unpaired) electrons. The van der Waals surface area contributed by atoms with E-state index < -0.39 is 41.6 Å². The van der Waals surface area contributed by atoms with Gasteiger partial charge in [0.05, 0.1) is 11.1 Å². The molecule has 4 aromatic rings. The average molecular weight is 490 g/mol. The van der Waals surface area contributed by atoms with Gasteiger partial charge in [-0.3, -0.25) is 0 Å². The topological polar surface area (TPSA) is 57.5 Å². The smallest absolute Gasteiger partial charge is 0.416 e. The molecule has 0 unspecified atom stereocenters. The molecule has 0 heterocycles. The third-order valence-electron chi connectivity index (χ3n) is 5.63. The number of carbonyl (C=O) groups is 1. The van der Waals surface area contributed by atoms with Gasteiger partial charge >= 0.3 is 12.1 Å². The van der Waals surface area contributed by atoms with Crippen LogP contribution in [0.5, 0.6) is 0 Å². The van der Waals surface area contributed by atoms with Crippen LogP contribution < -0.4 is 0 Å². The molecule has 35 heavy (non-hydrogen) atoms. The van der Waals surface area contributed by atoms with Crippen LogP contribution in [0.15, 0.2) is 72.8 Å². The summed E-state index contributed by atoms with van der Waals surface area (Å²) in [5.41, 5.74) is -0.510. The van der Waals surface area contributed by atoms with Crippen molar-refractivity contribution in [1.82, 2.24) is 0 Å². The third-order valence-corrected chi connectivity index (χ3v) is 5.63. The number of carboxylic acids is 1. The molecule has 4 aromatic carbocycles. The molecule has 9 heteroatoms. The van der Waals surface area contributed by atoms with Gasteiger partial charge in [-0.2, -0.15) is 13.2 Å². The van der Waals surface area contributed by atoms with Crippen molar-refractivity contribution in [1.29, 1.82) is 0 Å². The van der Waals surface area contributed by atoms with E-state index in [0.29, 0.717) is 21.9 Å². The Bertz CT molecular complexity index is 1390. The minimum atomic E-state index is -4.49. The third kappa shape index (κ3) is 4.72. The summed E-state index contributed by atoms with van der Waals surface area (Å²) in [6, 6.07) is 15.1. The summed E-state index contributed by atoms with van der Waals surface area (Å²) >= 11 is 0. The van der Waals surface area contributed by atoms with Crippen molar-refractivity contribution in [3.63, 3.8) is 0 Å². The van der Waals surface area contributed by atoms with Crippen LogP contribution in [0.4, 0.5) is 26.3 Å². The van der Waals surface area contributed by atoms with E-state index in [1.54, 1.807) is 6.07 Å². The highest BCUT2D eigenvalue weighted by molar-refractivity contribution is 6.04. The second-order valence-corrected chi connectivity index (χ2v) is 7.83. The highest BCUT2D eigenvalue weighted by Gasteiger charge is 2.30. The van der Waals surface area contributed by atoms with Crippen molar-refractivity contribution >= 4 is 16.7 Å². The molecule has 0 bridgehead atoms. The standard InChI is InChI=1S/C26H16F6O3/c27-22-20(25(34)35)12-17-11-16(13-5-8-18(9-6-13)26(30,31)32)7-10-19(17)21(22)14-1-3-15(4-2-14)23(33)24(28)29/h1-12,23-24,33H,(H,34,35)/t23-/m1/s1. The van der Waals surface area contributed by atoms with E-state index in [4.69, 9.17) is 0 Å². The molecule has 0 aliphatic carbocycles. The molecule has 0 saturated heterocycles. The van der Waals surface area contributed by atoms with Crippen LogP contribution in [-0.4, -0.2) is 22.6 Å². The number of benzene rings is 4. The van der Waals surface area contributed by atoms with Gasteiger partial charge in [0.1, 0.15) is 11.9 Å². The number of aliphatic hydroxyl groups excluding tert-OH is 1. The molecule has 4 rings (SSSR count). The fourth-order valence-electron chi connectivity index (χ4n) is 3.84. The fraction of sp³-hybridized carbons (Fsp3) is 0.115. The van der Waals surface area contributed by atoms with Gasteiger partial charge in [-0.1, -0.05) is 48.5 Å². The van der Waals surface area contributed by atoms with E-state index in [9.17, 15) is 37.0 Å². The molecule has 0 aliphatic heterocycles. The average Bonchev–Trinajstić information content (AvgIpc) is 2.82. The number of carboxylic acid groups (broad SMARTS) is 1. The van der Waals surface area contributed by atoms with Gasteiger partial charge < -0.3 is 10.2 Å². The molecule has 0 amide bonds. The zero-order valence-corrected chi connectivity index (χ0v) is 17.7. The molecule has 1 atom stereocenters. The zero-order chi connectivity index (χ0) is 25.5. The number of hydrogen-bond acceptors (Lipinski definition) is 2. The number of hydrogen-bond donors (Lipinski definition) is 2. The minimum absolute atomic E-state index is 0.0862. The lowest BCUT2D eigenvalue weighted by Crippen LogP contribution is -2.07. The van der Waals surface area contributed by atoms with E-state index in [1.165, 1.54) is 48.5 Å². The van der Waals surface area contributed by atoms with Crippen LogP contribution >= 0.6 is 0 Å². The Morgan fingerprint density at radius 2 is 1.37 bits per heavy atom. The second kappa shape index (κ2) is 9.07. The molecule has 180 valence electrons. The summed E-state index contributed by atoms with van der Waals surface area (Å²) in [5.74, 6) is -2.57. The molecular formula is C26H16F6O3. The van der Waals surface area contributed by atoms with E-state index in [-0.39, 0.29) is 16.7 Å². The normalized spacial score (nSPS) is 12.8. The maximum atomic E-state index is 15.2. The summed E-state index contributed by atoms with van der Waals surface area (Å²) in [4.78, 5) is 11.7. The Hall–Kier alpha value is -3.85. The van der Waals surface area contributed by atoms with E-state index in [0.717, 1.165) is 18.2 Å². The first-order chi connectivity index (χ1) is 16.5. The summed E-state index contributed by atoms with van der Waals surface area (Å²) in [6.07, 6.45) is -9.54. The molecule has 0 fully saturated rings. The van der Waals surface area contributed by atoms with Crippen molar-refractivity contribution in [3.8, 4) is 22.3 Å². The Morgan fingerprint density at radius 3 is 1.91 bits per heavy atom. The van der Waals surface area contributed by atoms with E-state index >= 15 is 4.39 Å². The largest absolute Gasteiger partial charge is 0.478 e. The van der Waals surface area contributed by atoms with Gasteiger partial charge in [0, 0.05) is 5.56 Å². The van der Waals surface area contributed by atoms with Crippen molar-refractivity contribution in [2.75, 3.05) is 0 Å². The van der Waals surface area contributed by atoms with Crippen molar-refractivity contribution < 1.29 is 41.4 Å². The number of halogens is 6. The maximum Gasteiger partial charge on any atom is 0.416 e. The lowest BCUT2D eigenvalue weighted by atomic mass is 9.91. The summed E-state index contributed by atoms with van der Waals surface area (Å²) in [7, 11) is 0. The van der Waals surface area contributed by atoms with Crippen LogP contribution in [-0.2, 0) is 6.18 Å². The Balaban J connectivity index is 1.85. The number of rotatable bonds is 5.